The molecule has 0 bridgehead atoms. The first-order valence-corrected chi connectivity index (χ1v) is 8.92. The summed E-state index contributed by atoms with van der Waals surface area (Å²) in [6.07, 6.45) is 2.16. The smallest absolute Gasteiger partial charge is 0.259 e. The molecule has 1 amide bonds. The van der Waals surface area contributed by atoms with E-state index in [4.69, 9.17) is 9.47 Å². The van der Waals surface area contributed by atoms with Gasteiger partial charge in [-0.25, -0.2) is 0 Å². The molecule has 0 radical (unpaired) electrons. The highest BCUT2D eigenvalue weighted by Gasteiger charge is 2.29. The number of carbonyl (C=O) groups excluding carboxylic acids is 1. The summed E-state index contributed by atoms with van der Waals surface area (Å²) in [5.74, 6) is 1.34. The molecule has 27 heavy (non-hydrogen) atoms. The van der Waals surface area contributed by atoms with Crippen LogP contribution in [0, 0.1) is 0 Å². The second-order valence-electron chi connectivity index (χ2n) is 6.91. The van der Waals surface area contributed by atoms with Crippen LogP contribution in [-0.4, -0.2) is 63.3 Å². The van der Waals surface area contributed by atoms with Gasteiger partial charge in [0.05, 0.1) is 5.60 Å². The van der Waals surface area contributed by atoms with Gasteiger partial charge in [-0.15, -0.1) is 24.0 Å². The van der Waals surface area contributed by atoms with E-state index in [-0.39, 0.29) is 42.1 Å². The zero-order valence-corrected chi connectivity index (χ0v) is 18.9. The van der Waals surface area contributed by atoms with Crippen molar-refractivity contribution >= 4 is 35.8 Å². The molecule has 1 aromatic rings. The molecule has 1 aliphatic rings. The third kappa shape index (κ3) is 7.92. The molecule has 1 aromatic carbocycles. The fourth-order valence-corrected chi connectivity index (χ4v) is 2.67. The number of benzene rings is 1. The number of rotatable bonds is 7. The third-order valence-corrected chi connectivity index (χ3v) is 4.37. The summed E-state index contributed by atoms with van der Waals surface area (Å²) in [7, 11) is 5.17. The summed E-state index contributed by atoms with van der Waals surface area (Å²) in [6, 6.07) is 7.68. The molecule has 1 atom stereocenters. The number of nitrogens with one attached hydrogen (secondary N) is 2. The highest BCUT2D eigenvalue weighted by atomic mass is 127. The van der Waals surface area contributed by atoms with Crippen molar-refractivity contribution in [2.24, 2.45) is 4.99 Å². The van der Waals surface area contributed by atoms with E-state index in [1.54, 1.807) is 21.1 Å². The highest BCUT2D eigenvalue weighted by molar-refractivity contribution is 14.0. The summed E-state index contributed by atoms with van der Waals surface area (Å²) in [5.41, 5.74) is 0.927. The zero-order valence-electron chi connectivity index (χ0n) is 16.6. The van der Waals surface area contributed by atoms with E-state index in [0.717, 1.165) is 37.5 Å². The molecule has 0 aromatic heterocycles. The molecule has 2 N–H and O–H groups in total. The second-order valence-corrected chi connectivity index (χ2v) is 6.91. The Bertz CT molecular complexity index is 631. The molecule has 1 aliphatic heterocycles. The van der Waals surface area contributed by atoms with Gasteiger partial charge in [0.1, 0.15) is 5.75 Å². The fourth-order valence-electron chi connectivity index (χ4n) is 2.67. The number of hydrogen-bond acceptors (Lipinski definition) is 4. The average molecular weight is 490 g/mol. The minimum absolute atomic E-state index is 0. The maximum Gasteiger partial charge on any atom is 0.259 e. The van der Waals surface area contributed by atoms with Gasteiger partial charge in [0, 0.05) is 40.8 Å². The van der Waals surface area contributed by atoms with Crippen LogP contribution in [0.2, 0.25) is 0 Å². The summed E-state index contributed by atoms with van der Waals surface area (Å²) < 4.78 is 11.3. The van der Waals surface area contributed by atoms with E-state index < -0.39 is 0 Å². The minimum Gasteiger partial charge on any atom is -0.484 e. The van der Waals surface area contributed by atoms with Crippen LogP contribution in [0.25, 0.3) is 0 Å². The lowest BCUT2D eigenvalue weighted by Crippen LogP contribution is -2.45. The first-order valence-electron chi connectivity index (χ1n) is 8.92. The topological polar surface area (TPSA) is 75.2 Å². The number of amides is 1. The number of guanidine groups is 1. The Balaban J connectivity index is 0.00000364. The van der Waals surface area contributed by atoms with Gasteiger partial charge in [-0.05, 0) is 37.5 Å². The van der Waals surface area contributed by atoms with Crippen molar-refractivity contribution in [1.82, 2.24) is 15.5 Å². The van der Waals surface area contributed by atoms with Crippen molar-refractivity contribution in [2.75, 3.05) is 40.9 Å². The Labute approximate surface area is 178 Å². The molecular formula is C19H31IN4O3. The molecule has 0 saturated carbocycles. The minimum atomic E-state index is -0.121. The Morgan fingerprint density at radius 2 is 2.15 bits per heavy atom. The zero-order chi connectivity index (χ0) is 19.0. The van der Waals surface area contributed by atoms with Crippen molar-refractivity contribution in [2.45, 2.75) is 31.9 Å². The van der Waals surface area contributed by atoms with Gasteiger partial charge in [-0.1, -0.05) is 12.1 Å². The van der Waals surface area contributed by atoms with E-state index in [1.807, 2.05) is 24.3 Å². The molecule has 8 heteroatoms. The molecule has 1 heterocycles. The Morgan fingerprint density at radius 1 is 1.37 bits per heavy atom. The number of aliphatic imine (C=N–C) groups is 1. The Morgan fingerprint density at radius 3 is 2.78 bits per heavy atom. The van der Waals surface area contributed by atoms with Gasteiger partial charge in [-0.2, -0.15) is 0 Å². The number of carbonyl (C=O) groups is 1. The van der Waals surface area contributed by atoms with Crippen LogP contribution in [-0.2, 0) is 16.1 Å². The molecule has 0 aliphatic carbocycles. The summed E-state index contributed by atoms with van der Waals surface area (Å²) in [6.45, 7) is 4.31. The van der Waals surface area contributed by atoms with Crippen molar-refractivity contribution in [3.8, 4) is 5.75 Å². The lowest BCUT2D eigenvalue weighted by atomic mass is 10.0. The van der Waals surface area contributed by atoms with E-state index >= 15 is 0 Å². The standard InChI is InChI=1S/C19H30N4O3.HI/c1-19(9-6-10-26-19)14-22-18(20-2)21-12-15-7-5-8-16(11-15)25-13-17(24)23(3)4;/h5,7-8,11H,6,9-10,12-14H2,1-4H3,(H2,20,21,22);1H. The molecule has 1 fully saturated rings. The van der Waals surface area contributed by atoms with Crippen LogP contribution in [0.5, 0.6) is 5.75 Å². The van der Waals surface area contributed by atoms with Crippen LogP contribution in [0.3, 0.4) is 0 Å². The van der Waals surface area contributed by atoms with Crippen LogP contribution < -0.4 is 15.4 Å². The lowest BCUT2D eigenvalue weighted by molar-refractivity contribution is -0.130. The SMILES string of the molecule is CN=C(NCc1cccc(OCC(=O)N(C)C)c1)NCC1(C)CCCO1.I. The van der Waals surface area contributed by atoms with E-state index in [2.05, 4.69) is 22.5 Å². The van der Waals surface area contributed by atoms with Gasteiger partial charge in [0.2, 0.25) is 0 Å². The van der Waals surface area contributed by atoms with Gasteiger partial charge >= 0.3 is 0 Å². The van der Waals surface area contributed by atoms with Crippen LogP contribution in [0.15, 0.2) is 29.3 Å². The van der Waals surface area contributed by atoms with E-state index in [1.165, 1.54) is 4.90 Å². The van der Waals surface area contributed by atoms with Crippen LogP contribution >= 0.6 is 24.0 Å². The number of likely N-dealkylation sites (N-methyl/N-ethyl adjacent to an activating group) is 1. The molecule has 0 spiro atoms. The van der Waals surface area contributed by atoms with Gasteiger partial charge in [-0.3, -0.25) is 9.79 Å². The maximum absolute atomic E-state index is 11.6. The number of halogens is 1. The Kier molecular flexibility index (Phi) is 9.86. The Hall–Kier alpha value is -1.55. The molecule has 1 saturated heterocycles. The normalized spacial score (nSPS) is 19.2. The molecule has 152 valence electrons. The predicted molar refractivity (Wildman–Crippen MR) is 118 cm³/mol. The maximum atomic E-state index is 11.6. The predicted octanol–water partition coefficient (Wildman–Crippen LogP) is 2.01. The monoisotopic (exact) mass is 490 g/mol. The highest BCUT2D eigenvalue weighted by Crippen LogP contribution is 2.23. The first-order chi connectivity index (χ1) is 12.4. The number of ether oxygens (including phenoxy) is 2. The largest absolute Gasteiger partial charge is 0.484 e. The van der Waals surface area contributed by atoms with Crippen molar-refractivity contribution in [3.63, 3.8) is 0 Å². The lowest BCUT2D eigenvalue weighted by Gasteiger charge is -2.24. The number of hydrogen-bond donors (Lipinski definition) is 2. The van der Waals surface area contributed by atoms with Crippen LogP contribution in [0.1, 0.15) is 25.3 Å². The van der Waals surface area contributed by atoms with Gasteiger partial charge < -0.3 is 25.0 Å². The second kappa shape index (κ2) is 11.3. The van der Waals surface area contributed by atoms with E-state index in [0.29, 0.717) is 12.3 Å². The van der Waals surface area contributed by atoms with Gasteiger partial charge in [0.15, 0.2) is 12.6 Å². The van der Waals surface area contributed by atoms with Crippen LogP contribution in [0.4, 0.5) is 0 Å². The van der Waals surface area contributed by atoms with Crippen molar-refractivity contribution < 1.29 is 14.3 Å². The molecule has 7 nitrogen and oxygen atoms in total. The average Bonchev–Trinajstić information content (AvgIpc) is 3.07. The summed E-state index contributed by atoms with van der Waals surface area (Å²) in [5, 5.41) is 6.61. The third-order valence-electron chi connectivity index (χ3n) is 4.37. The first kappa shape index (κ1) is 23.5. The fraction of sp³-hybridized carbons (Fsp3) is 0.579. The van der Waals surface area contributed by atoms with Crippen molar-refractivity contribution in [1.29, 1.82) is 0 Å². The quantitative estimate of drug-likeness (QED) is 0.348. The van der Waals surface area contributed by atoms with E-state index in [9.17, 15) is 4.79 Å². The van der Waals surface area contributed by atoms with Crippen molar-refractivity contribution in [3.05, 3.63) is 29.8 Å². The molecule has 2 rings (SSSR count). The summed E-state index contributed by atoms with van der Waals surface area (Å²) >= 11 is 0. The number of nitrogens with zero attached hydrogens (tertiary/aromatic N) is 2. The summed E-state index contributed by atoms with van der Waals surface area (Å²) in [4.78, 5) is 17.4. The van der Waals surface area contributed by atoms with Gasteiger partial charge in [0.25, 0.3) is 5.91 Å². The molecular weight excluding hydrogens is 459 g/mol. The molecule has 1 unspecified atom stereocenters.